The normalized spacial score (nSPS) is 18.1. The molecule has 0 aromatic heterocycles. The lowest BCUT2D eigenvalue weighted by Gasteiger charge is -2.27. The van der Waals surface area contributed by atoms with Gasteiger partial charge >= 0.3 is 6.09 Å². The maximum absolute atomic E-state index is 11.1. The van der Waals surface area contributed by atoms with Gasteiger partial charge in [-0.1, -0.05) is 44.2 Å². The molecule has 0 aliphatic heterocycles. The summed E-state index contributed by atoms with van der Waals surface area (Å²) < 4.78 is 0. The number of fused-ring (bicyclic) bond motifs is 1. The summed E-state index contributed by atoms with van der Waals surface area (Å²) in [5.41, 5.74) is 5.73. The fourth-order valence-corrected chi connectivity index (χ4v) is 3.58. The van der Waals surface area contributed by atoms with Crippen molar-refractivity contribution >= 4 is 11.8 Å². The van der Waals surface area contributed by atoms with Crippen LogP contribution in [0.2, 0.25) is 0 Å². The molecule has 0 saturated carbocycles. The van der Waals surface area contributed by atoms with Gasteiger partial charge in [0.05, 0.1) is 6.04 Å². The highest BCUT2D eigenvalue weighted by Gasteiger charge is 2.39. The topological polar surface area (TPSA) is 52.6 Å². The first-order valence-electron chi connectivity index (χ1n) is 8.18. The summed E-state index contributed by atoms with van der Waals surface area (Å²) in [5.74, 6) is 0. The fraction of sp³-hybridized carbons (Fsp3) is 0.350. The minimum atomic E-state index is -0.968. The summed E-state index contributed by atoms with van der Waals surface area (Å²) in [7, 11) is 4.06. The lowest BCUT2D eigenvalue weighted by atomic mass is 9.85. The van der Waals surface area contributed by atoms with Gasteiger partial charge in [0, 0.05) is 19.8 Å². The van der Waals surface area contributed by atoms with Gasteiger partial charge in [0.2, 0.25) is 0 Å². The van der Waals surface area contributed by atoms with Crippen LogP contribution in [0.3, 0.4) is 0 Å². The molecule has 1 aliphatic carbocycles. The standard InChI is InChI=1S/C20H24N2O2/c1-20(2)12-15-11-14(7-10-17(15)18(20)21-19(23)24)13-5-8-16(9-6-13)22(3)4/h5-11,18,21H,12H2,1-4H3,(H,23,24). The number of anilines is 1. The Balaban J connectivity index is 1.94. The lowest BCUT2D eigenvalue weighted by molar-refractivity contribution is 0.175. The van der Waals surface area contributed by atoms with Crippen LogP contribution in [0.15, 0.2) is 42.5 Å². The van der Waals surface area contributed by atoms with Crippen molar-refractivity contribution in [2.45, 2.75) is 26.3 Å². The van der Waals surface area contributed by atoms with E-state index in [2.05, 4.69) is 66.5 Å². The molecule has 1 unspecified atom stereocenters. The molecule has 1 aliphatic rings. The molecular weight excluding hydrogens is 300 g/mol. The van der Waals surface area contributed by atoms with E-state index in [1.54, 1.807) is 0 Å². The van der Waals surface area contributed by atoms with Crippen LogP contribution in [-0.2, 0) is 6.42 Å². The molecule has 4 heteroatoms. The van der Waals surface area contributed by atoms with Crippen LogP contribution in [0.1, 0.15) is 31.0 Å². The highest BCUT2D eigenvalue weighted by atomic mass is 16.4. The number of hydrogen-bond donors (Lipinski definition) is 2. The number of hydrogen-bond acceptors (Lipinski definition) is 2. The van der Waals surface area contributed by atoms with Gasteiger partial charge in [0.1, 0.15) is 0 Å². The zero-order valence-electron chi connectivity index (χ0n) is 14.6. The van der Waals surface area contributed by atoms with Crippen molar-refractivity contribution in [2.75, 3.05) is 19.0 Å². The number of nitrogens with one attached hydrogen (secondary N) is 1. The number of carboxylic acid groups (broad SMARTS) is 1. The Labute approximate surface area is 143 Å². The van der Waals surface area contributed by atoms with Crippen molar-refractivity contribution in [3.05, 3.63) is 53.6 Å². The summed E-state index contributed by atoms with van der Waals surface area (Å²) in [6, 6.07) is 14.7. The molecule has 1 amide bonds. The highest BCUT2D eigenvalue weighted by Crippen LogP contribution is 2.46. The van der Waals surface area contributed by atoms with Crippen LogP contribution in [0.4, 0.5) is 10.5 Å². The average Bonchev–Trinajstić information content (AvgIpc) is 2.76. The molecule has 0 heterocycles. The summed E-state index contributed by atoms with van der Waals surface area (Å²) in [6.07, 6.45) is -0.0963. The van der Waals surface area contributed by atoms with E-state index in [0.717, 1.165) is 12.0 Å². The Morgan fingerprint density at radius 2 is 1.75 bits per heavy atom. The maximum atomic E-state index is 11.1. The molecule has 0 radical (unpaired) electrons. The fourth-order valence-electron chi connectivity index (χ4n) is 3.58. The van der Waals surface area contributed by atoms with Crippen LogP contribution in [-0.4, -0.2) is 25.3 Å². The molecule has 2 aromatic carbocycles. The molecule has 4 nitrogen and oxygen atoms in total. The second-order valence-electron chi connectivity index (χ2n) is 7.40. The Bertz CT molecular complexity index is 764. The second-order valence-corrected chi connectivity index (χ2v) is 7.40. The minimum Gasteiger partial charge on any atom is -0.465 e. The van der Waals surface area contributed by atoms with Gasteiger partial charge in [-0.05, 0) is 46.2 Å². The monoisotopic (exact) mass is 324 g/mol. The van der Waals surface area contributed by atoms with Crippen LogP contribution in [0, 0.1) is 5.41 Å². The van der Waals surface area contributed by atoms with E-state index in [-0.39, 0.29) is 11.5 Å². The number of nitrogens with zero attached hydrogens (tertiary/aromatic N) is 1. The Morgan fingerprint density at radius 3 is 2.33 bits per heavy atom. The third-order valence-corrected chi connectivity index (χ3v) is 4.87. The van der Waals surface area contributed by atoms with Crippen LogP contribution >= 0.6 is 0 Å². The van der Waals surface area contributed by atoms with E-state index < -0.39 is 6.09 Å². The zero-order valence-corrected chi connectivity index (χ0v) is 14.6. The molecule has 3 rings (SSSR count). The summed E-state index contributed by atoms with van der Waals surface area (Å²) in [4.78, 5) is 13.2. The van der Waals surface area contributed by atoms with Crippen LogP contribution < -0.4 is 10.2 Å². The number of carbonyl (C=O) groups is 1. The number of benzene rings is 2. The van der Waals surface area contributed by atoms with Crippen LogP contribution in [0.25, 0.3) is 11.1 Å². The Morgan fingerprint density at radius 1 is 1.12 bits per heavy atom. The third-order valence-electron chi connectivity index (χ3n) is 4.87. The predicted molar refractivity (Wildman–Crippen MR) is 97.6 cm³/mol. The average molecular weight is 324 g/mol. The Hall–Kier alpha value is -2.49. The molecule has 0 fully saturated rings. The van der Waals surface area contributed by atoms with Crippen molar-refractivity contribution in [3.63, 3.8) is 0 Å². The minimum absolute atomic E-state index is 0.117. The van der Waals surface area contributed by atoms with E-state index in [1.807, 2.05) is 14.1 Å². The molecule has 24 heavy (non-hydrogen) atoms. The van der Waals surface area contributed by atoms with Gasteiger partial charge in [-0.2, -0.15) is 0 Å². The quantitative estimate of drug-likeness (QED) is 0.884. The largest absolute Gasteiger partial charge is 0.465 e. The zero-order chi connectivity index (χ0) is 17.5. The van der Waals surface area contributed by atoms with Crippen molar-refractivity contribution < 1.29 is 9.90 Å². The first kappa shape index (κ1) is 16.4. The number of amides is 1. The van der Waals surface area contributed by atoms with Gasteiger partial charge in [0.25, 0.3) is 0 Å². The third kappa shape index (κ3) is 2.96. The van der Waals surface area contributed by atoms with Gasteiger partial charge < -0.3 is 15.3 Å². The van der Waals surface area contributed by atoms with Gasteiger partial charge in [-0.3, -0.25) is 0 Å². The van der Waals surface area contributed by atoms with E-state index in [1.165, 1.54) is 22.4 Å². The van der Waals surface area contributed by atoms with Gasteiger partial charge in [-0.15, -0.1) is 0 Å². The summed E-state index contributed by atoms with van der Waals surface area (Å²) >= 11 is 0. The molecule has 0 saturated heterocycles. The van der Waals surface area contributed by atoms with E-state index in [4.69, 9.17) is 5.11 Å². The van der Waals surface area contributed by atoms with Gasteiger partial charge in [0.15, 0.2) is 0 Å². The molecule has 0 spiro atoms. The van der Waals surface area contributed by atoms with Crippen molar-refractivity contribution in [3.8, 4) is 11.1 Å². The van der Waals surface area contributed by atoms with E-state index in [0.29, 0.717) is 0 Å². The van der Waals surface area contributed by atoms with Crippen molar-refractivity contribution in [1.29, 1.82) is 0 Å². The first-order chi connectivity index (χ1) is 11.3. The summed E-state index contributed by atoms with van der Waals surface area (Å²) in [5, 5.41) is 11.8. The van der Waals surface area contributed by atoms with E-state index in [9.17, 15) is 4.79 Å². The smallest absolute Gasteiger partial charge is 0.405 e. The summed E-state index contributed by atoms with van der Waals surface area (Å²) in [6.45, 7) is 4.22. The molecule has 126 valence electrons. The first-order valence-corrected chi connectivity index (χ1v) is 8.18. The predicted octanol–water partition coefficient (Wildman–Crippen LogP) is 4.31. The van der Waals surface area contributed by atoms with Crippen molar-refractivity contribution in [1.82, 2.24) is 5.32 Å². The van der Waals surface area contributed by atoms with Crippen LogP contribution in [0.5, 0.6) is 0 Å². The van der Waals surface area contributed by atoms with E-state index >= 15 is 0 Å². The van der Waals surface area contributed by atoms with Gasteiger partial charge in [-0.25, -0.2) is 4.79 Å². The second kappa shape index (κ2) is 5.86. The maximum Gasteiger partial charge on any atom is 0.405 e. The highest BCUT2D eigenvalue weighted by molar-refractivity contribution is 5.69. The molecule has 2 N–H and O–H groups in total. The molecule has 0 bridgehead atoms. The Kier molecular flexibility index (Phi) is 3.99. The lowest BCUT2D eigenvalue weighted by Crippen LogP contribution is -2.34. The van der Waals surface area contributed by atoms with Crippen molar-refractivity contribution in [2.24, 2.45) is 5.41 Å². The SMILES string of the molecule is CN(C)c1ccc(-c2ccc3c(c2)CC(C)(C)C3NC(=O)O)cc1. The number of rotatable bonds is 3. The molecule has 2 aromatic rings. The molecular formula is C20H24N2O2. The molecule has 1 atom stereocenters.